The molecule has 0 spiro atoms. The van der Waals surface area contributed by atoms with Crippen LogP contribution in [0.25, 0.3) is 0 Å². The van der Waals surface area contributed by atoms with Crippen molar-refractivity contribution in [2.45, 2.75) is 19.3 Å². The summed E-state index contributed by atoms with van der Waals surface area (Å²) in [7, 11) is 1.94. The number of amides is 2. The first-order valence-corrected chi connectivity index (χ1v) is 8.63. The number of carbonyl (C=O) groups is 2. The zero-order valence-electron chi connectivity index (χ0n) is 14.6. The molecule has 2 fully saturated rings. The van der Waals surface area contributed by atoms with E-state index in [9.17, 15) is 9.59 Å². The van der Waals surface area contributed by atoms with Crippen molar-refractivity contribution in [1.82, 2.24) is 10.2 Å². The molecule has 1 aromatic carbocycles. The molecule has 7 heteroatoms. The van der Waals surface area contributed by atoms with Gasteiger partial charge in [0.1, 0.15) is 5.75 Å². The molecule has 2 amide bonds. The van der Waals surface area contributed by atoms with Crippen LogP contribution < -0.4 is 15.0 Å². The summed E-state index contributed by atoms with van der Waals surface area (Å²) in [5, 5.41) is 3.16. The Morgan fingerprint density at radius 1 is 1.28 bits per heavy atom. The number of anilines is 1. The topological polar surface area (TPSA) is 61.9 Å². The Labute approximate surface area is 154 Å². The van der Waals surface area contributed by atoms with Crippen molar-refractivity contribution in [2.24, 2.45) is 5.92 Å². The number of hydrogen-bond acceptors (Lipinski definition) is 4. The largest absolute Gasteiger partial charge is 0.484 e. The van der Waals surface area contributed by atoms with Crippen LogP contribution in [0.4, 0.5) is 5.69 Å². The van der Waals surface area contributed by atoms with Gasteiger partial charge in [-0.1, -0.05) is 0 Å². The van der Waals surface area contributed by atoms with Crippen molar-refractivity contribution in [2.75, 3.05) is 44.7 Å². The first-order chi connectivity index (χ1) is 11.7. The van der Waals surface area contributed by atoms with Gasteiger partial charge in [-0.25, -0.2) is 0 Å². The van der Waals surface area contributed by atoms with E-state index in [1.807, 2.05) is 36.2 Å². The standard InChI is InChI=1S/C18H25N3O3.ClH/c1-19-11-14-8-10-20(12-14)18(23)13-24-16-6-4-15(5-7-16)21-9-2-3-17(21)22;/h4-7,14,19H,2-3,8-13H2,1H3;1H. The number of likely N-dealkylation sites (tertiary alicyclic amines) is 1. The fourth-order valence-corrected chi connectivity index (χ4v) is 3.39. The van der Waals surface area contributed by atoms with Gasteiger partial charge < -0.3 is 19.9 Å². The molecular formula is C18H26ClN3O3. The number of carbonyl (C=O) groups excluding carboxylic acids is 2. The van der Waals surface area contributed by atoms with Gasteiger partial charge in [0.25, 0.3) is 5.91 Å². The Bertz CT molecular complexity index is 594. The minimum absolute atomic E-state index is 0. The molecule has 6 nitrogen and oxygen atoms in total. The van der Waals surface area contributed by atoms with Crippen LogP contribution >= 0.6 is 12.4 Å². The molecule has 138 valence electrons. The Morgan fingerprint density at radius 2 is 2.04 bits per heavy atom. The highest BCUT2D eigenvalue weighted by molar-refractivity contribution is 5.95. The summed E-state index contributed by atoms with van der Waals surface area (Å²) in [6.07, 6.45) is 2.58. The first-order valence-electron chi connectivity index (χ1n) is 8.63. The molecule has 2 aliphatic rings. The summed E-state index contributed by atoms with van der Waals surface area (Å²) in [6, 6.07) is 7.40. The van der Waals surface area contributed by atoms with E-state index in [4.69, 9.17) is 4.74 Å². The van der Waals surface area contributed by atoms with E-state index in [0.717, 1.165) is 44.7 Å². The molecule has 1 atom stereocenters. The van der Waals surface area contributed by atoms with E-state index in [2.05, 4.69) is 5.32 Å². The third kappa shape index (κ3) is 4.86. The maximum absolute atomic E-state index is 12.2. The molecule has 0 radical (unpaired) electrons. The lowest BCUT2D eigenvalue weighted by Crippen LogP contribution is -2.34. The molecule has 0 aliphatic carbocycles. The van der Waals surface area contributed by atoms with Crippen LogP contribution in [0.2, 0.25) is 0 Å². The molecule has 1 unspecified atom stereocenters. The van der Waals surface area contributed by atoms with Crippen LogP contribution in [-0.4, -0.2) is 56.5 Å². The molecule has 0 aromatic heterocycles. The molecule has 1 aromatic rings. The normalized spacial score (nSPS) is 19.9. The summed E-state index contributed by atoms with van der Waals surface area (Å²) in [4.78, 5) is 27.6. The third-order valence-electron chi connectivity index (χ3n) is 4.72. The highest BCUT2D eigenvalue weighted by atomic mass is 35.5. The van der Waals surface area contributed by atoms with Gasteiger partial charge in [0.15, 0.2) is 6.61 Å². The molecule has 0 bridgehead atoms. The van der Waals surface area contributed by atoms with E-state index in [-0.39, 0.29) is 30.8 Å². The summed E-state index contributed by atoms with van der Waals surface area (Å²) < 4.78 is 5.61. The minimum atomic E-state index is 0. The zero-order valence-corrected chi connectivity index (χ0v) is 15.4. The van der Waals surface area contributed by atoms with Gasteiger partial charge >= 0.3 is 0 Å². The molecule has 25 heavy (non-hydrogen) atoms. The van der Waals surface area contributed by atoms with Gasteiger partial charge in [0.05, 0.1) is 0 Å². The number of halogens is 1. The molecule has 0 saturated carbocycles. The lowest BCUT2D eigenvalue weighted by atomic mass is 10.1. The second kappa shape index (κ2) is 9.06. The van der Waals surface area contributed by atoms with Crippen LogP contribution in [0.15, 0.2) is 24.3 Å². The lowest BCUT2D eigenvalue weighted by molar-refractivity contribution is -0.132. The number of hydrogen-bond donors (Lipinski definition) is 1. The molecule has 2 heterocycles. The molecule has 2 aliphatic heterocycles. The quantitative estimate of drug-likeness (QED) is 0.831. The number of rotatable bonds is 6. The van der Waals surface area contributed by atoms with Gasteiger partial charge in [0, 0.05) is 31.7 Å². The maximum Gasteiger partial charge on any atom is 0.260 e. The maximum atomic E-state index is 12.2. The van der Waals surface area contributed by atoms with Crippen LogP contribution in [-0.2, 0) is 9.59 Å². The van der Waals surface area contributed by atoms with E-state index in [1.54, 1.807) is 4.90 Å². The Morgan fingerprint density at radius 3 is 2.68 bits per heavy atom. The van der Waals surface area contributed by atoms with Crippen LogP contribution in [0.5, 0.6) is 5.75 Å². The van der Waals surface area contributed by atoms with Gasteiger partial charge in [-0.2, -0.15) is 0 Å². The van der Waals surface area contributed by atoms with Gasteiger partial charge in [0.2, 0.25) is 5.91 Å². The fourth-order valence-electron chi connectivity index (χ4n) is 3.39. The number of nitrogens with zero attached hydrogens (tertiary/aromatic N) is 2. The van der Waals surface area contributed by atoms with Crippen molar-refractivity contribution < 1.29 is 14.3 Å². The predicted molar refractivity (Wildman–Crippen MR) is 99.4 cm³/mol. The molecule has 2 saturated heterocycles. The molecular weight excluding hydrogens is 342 g/mol. The van der Waals surface area contributed by atoms with Gasteiger partial charge in [-0.3, -0.25) is 9.59 Å². The summed E-state index contributed by atoms with van der Waals surface area (Å²) in [6.45, 7) is 3.40. The van der Waals surface area contributed by atoms with Crippen LogP contribution in [0, 0.1) is 5.92 Å². The van der Waals surface area contributed by atoms with E-state index < -0.39 is 0 Å². The van der Waals surface area contributed by atoms with Crippen molar-refractivity contribution in [1.29, 1.82) is 0 Å². The Hall–Kier alpha value is -1.79. The minimum Gasteiger partial charge on any atom is -0.484 e. The van der Waals surface area contributed by atoms with Crippen molar-refractivity contribution in [3.8, 4) is 5.75 Å². The number of nitrogens with one attached hydrogen (secondary N) is 1. The zero-order chi connectivity index (χ0) is 16.9. The van der Waals surface area contributed by atoms with Crippen molar-refractivity contribution >= 4 is 29.9 Å². The smallest absolute Gasteiger partial charge is 0.260 e. The summed E-state index contributed by atoms with van der Waals surface area (Å²) >= 11 is 0. The predicted octanol–water partition coefficient (Wildman–Crippen LogP) is 1.68. The van der Waals surface area contributed by atoms with E-state index in [1.165, 1.54) is 0 Å². The van der Waals surface area contributed by atoms with Crippen LogP contribution in [0.1, 0.15) is 19.3 Å². The first kappa shape index (κ1) is 19.5. The number of benzene rings is 1. The van der Waals surface area contributed by atoms with Crippen molar-refractivity contribution in [3.05, 3.63) is 24.3 Å². The third-order valence-corrected chi connectivity index (χ3v) is 4.72. The second-order valence-electron chi connectivity index (χ2n) is 6.48. The molecule has 3 rings (SSSR count). The Balaban J connectivity index is 0.00000225. The average Bonchev–Trinajstić information content (AvgIpc) is 3.23. The molecule has 1 N–H and O–H groups in total. The monoisotopic (exact) mass is 367 g/mol. The average molecular weight is 368 g/mol. The SMILES string of the molecule is CNCC1CCN(C(=O)COc2ccc(N3CCCC3=O)cc2)C1.Cl. The Kier molecular flexibility index (Phi) is 7.08. The highest BCUT2D eigenvalue weighted by Gasteiger charge is 2.26. The van der Waals surface area contributed by atoms with Crippen molar-refractivity contribution in [3.63, 3.8) is 0 Å². The van der Waals surface area contributed by atoms with Gasteiger partial charge in [-0.15, -0.1) is 12.4 Å². The van der Waals surface area contributed by atoms with E-state index in [0.29, 0.717) is 18.1 Å². The number of ether oxygens (including phenoxy) is 1. The lowest BCUT2D eigenvalue weighted by Gasteiger charge is -2.18. The summed E-state index contributed by atoms with van der Waals surface area (Å²) in [5.74, 6) is 1.40. The van der Waals surface area contributed by atoms with Crippen LogP contribution in [0.3, 0.4) is 0 Å². The van der Waals surface area contributed by atoms with E-state index >= 15 is 0 Å². The van der Waals surface area contributed by atoms with Gasteiger partial charge in [-0.05, 0) is 56.6 Å². The fraction of sp³-hybridized carbons (Fsp3) is 0.556. The second-order valence-corrected chi connectivity index (χ2v) is 6.48. The highest BCUT2D eigenvalue weighted by Crippen LogP contribution is 2.24. The summed E-state index contributed by atoms with van der Waals surface area (Å²) in [5.41, 5.74) is 0.894.